The summed E-state index contributed by atoms with van der Waals surface area (Å²) in [5.74, 6) is 0.714. The fourth-order valence-electron chi connectivity index (χ4n) is 4.64. The van der Waals surface area contributed by atoms with Crippen LogP contribution in [0.4, 0.5) is 15.9 Å². The second kappa shape index (κ2) is 8.72. The molecule has 2 aliphatic heterocycles. The molecule has 35 heavy (non-hydrogen) atoms. The molecule has 10 nitrogen and oxygen atoms in total. The summed E-state index contributed by atoms with van der Waals surface area (Å²) in [6, 6.07) is 7.45. The molecule has 2 aromatic heterocycles. The van der Waals surface area contributed by atoms with Crippen molar-refractivity contribution < 1.29 is 18.7 Å². The first-order chi connectivity index (χ1) is 17.0. The van der Waals surface area contributed by atoms with Crippen LogP contribution in [-0.2, 0) is 11.2 Å². The zero-order valence-electron chi connectivity index (χ0n) is 19.5. The minimum absolute atomic E-state index is 0.00299. The molecule has 0 unspecified atom stereocenters. The van der Waals surface area contributed by atoms with E-state index in [1.165, 1.54) is 11.3 Å². The highest BCUT2D eigenvalue weighted by molar-refractivity contribution is 7.16. The summed E-state index contributed by atoms with van der Waals surface area (Å²) in [5.41, 5.74) is 2.38. The van der Waals surface area contributed by atoms with Gasteiger partial charge in [0.05, 0.1) is 35.9 Å². The van der Waals surface area contributed by atoms with Gasteiger partial charge < -0.3 is 19.4 Å². The van der Waals surface area contributed by atoms with Crippen molar-refractivity contribution in [3.05, 3.63) is 40.4 Å². The number of carbonyl (C=O) groups is 2. The number of morpholine rings is 1. The fourth-order valence-corrected chi connectivity index (χ4v) is 5.72. The highest BCUT2D eigenvalue weighted by Gasteiger charge is 2.43. The number of hydrogen-bond donors (Lipinski definition) is 2. The van der Waals surface area contributed by atoms with Gasteiger partial charge in [-0.1, -0.05) is 28.6 Å². The first kappa shape index (κ1) is 22.2. The third-order valence-corrected chi connectivity index (χ3v) is 7.51. The third kappa shape index (κ3) is 4.30. The number of Topliss-reactive ketones (excluding diaryl/α,β-unsaturated/α-hetero) is 1. The van der Waals surface area contributed by atoms with Crippen LogP contribution >= 0.6 is 11.3 Å². The molecular weight excluding hydrogens is 468 g/mol. The van der Waals surface area contributed by atoms with Crippen LogP contribution in [0.25, 0.3) is 11.5 Å². The maximum absolute atomic E-state index is 12.5. The minimum atomic E-state index is -0.272. The van der Waals surface area contributed by atoms with Gasteiger partial charge in [-0.15, -0.1) is 5.10 Å². The number of hydrogen-bond acceptors (Lipinski definition) is 9. The van der Waals surface area contributed by atoms with Crippen molar-refractivity contribution in [1.29, 1.82) is 0 Å². The maximum atomic E-state index is 12.5. The number of thiazole rings is 1. The Labute approximate surface area is 206 Å². The number of fused-ring (bicyclic) bond motifs is 4. The molecule has 1 saturated carbocycles. The number of rotatable bonds is 6. The number of nitrogens with one attached hydrogen (secondary N) is 2. The van der Waals surface area contributed by atoms with Gasteiger partial charge in [-0.25, -0.2) is 9.78 Å². The van der Waals surface area contributed by atoms with E-state index in [4.69, 9.17) is 9.15 Å². The highest BCUT2D eigenvalue weighted by Crippen LogP contribution is 2.43. The van der Waals surface area contributed by atoms with E-state index in [-0.39, 0.29) is 35.9 Å². The van der Waals surface area contributed by atoms with Crippen LogP contribution in [0.2, 0.25) is 0 Å². The summed E-state index contributed by atoms with van der Waals surface area (Å²) in [6.45, 7) is 4.80. The lowest BCUT2D eigenvalue weighted by molar-refractivity contribution is 0.0578. The zero-order valence-corrected chi connectivity index (χ0v) is 20.3. The number of aromatic nitrogens is 3. The Kier molecular flexibility index (Phi) is 5.53. The van der Waals surface area contributed by atoms with Crippen LogP contribution in [0, 0.1) is 5.92 Å². The van der Waals surface area contributed by atoms with Gasteiger partial charge in [0, 0.05) is 29.5 Å². The molecule has 2 bridgehead atoms. The van der Waals surface area contributed by atoms with E-state index < -0.39 is 0 Å². The largest absolute Gasteiger partial charge is 0.403 e. The van der Waals surface area contributed by atoms with Crippen molar-refractivity contribution in [1.82, 2.24) is 20.5 Å². The van der Waals surface area contributed by atoms with E-state index >= 15 is 0 Å². The average Bonchev–Trinajstić information content (AvgIpc) is 3.43. The predicted octanol–water partition coefficient (Wildman–Crippen LogP) is 3.82. The summed E-state index contributed by atoms with van der Waals surface area (Å²) in [5, 5.41) is 14.9. The van der Waals surface area contributed by atoms with Crippen LogP contribution in [0.5, 0.6) is 0 Å². The lowest BCUT2D eigenvalue weighted by Crippen LogP contribution is -2.51. The molecular formula is C24H26N6O4S. The lowest BCUT2D eigenvalue weighted by Gasteiger charge is -2.43. The second-order valence-electron chi connectivity index (χ2n) is 9.51. The van der Waals surface area contributed by atoms with Gasteiger partial charge in [0.15, 0.2) is 10.9 Å². The molecule has 0 radical (unpaired) electrons. The van der Waals surface area contributed by atoms with Gasteiger partial charge >= 0.3 is 12.0 Å². The maximum Gasteiger partial charge on any atom is 0.321 e. The van der Waals surface area contributed by atoms with Crippen molar-refractivity contribution in [3.63, 3.8) is 0 Å². The summed E-state index contributed by atoms with van der Waals surface area (Å²) in [4.78, 5) is 32.4. The molecule has 2 fully saturated rings. The van der Waals surface area contributed by atoms with Crippen molar-refractivity contribution in [2.45, 2.75) is 51.2 Å². The predicted molar refractivity (Wildman–Crippen MR) is 130 cm³/mol. The van der Waals surface area contributed by atoms with Gasteiger partial charge in [0.25, 0.3) is 0 Å². The molecule has 182 valence electrons. The number of benzene rings is 1. The molecule has 2 N–H and O–H groups in total. The van der Waals surface area contributed by atoms with Crippen molar-refractivity contribution in [3.8, 4) is 11.5 Å². The number of ether oxygens (including phenoxy) is 1. The molecule has 3 aromatic rings. The second-order valence-corrected chi connectivity index (χ2v) is 10.5. The molecule has 0 spiro atoms. The van der Waals surface area contributed by atoms with E-state index in [0.29, 0.717) is 42.2 Å². The minimum Gasteiger partial charge on any atom is -0.403 e. The smallest absolute Gasteiger partial charge is 0.321 e. The lowest BCUT2D eigenvalue weighted by atomic mass is 9.97. The number of nitrogens with zero attached hydrogens (tertiary/aromatic N) is 4. The summed E-state index contributed by atoms with van der Waals surface area (Å²) in [7, 11) is 0. The van der Waals surface area contributed by atoms with Crippen LogP contribution in [0.15, 0.2) is 28.7 Å². The Bertz CT molecular complexity index is 1280. The topological polar surface area (TPSA) is 122 Å². The number of anilines is 2. The summed E-state index contributed by atoms with van der Waals surface area (Å²) in [6.07, 6.45) is 2.58. The number of carbonyl (C=O) groups excluding carboxylic acids is 2. The molecule has 4 heterocycles. The van der Waals surface area contributed by atoms with Gasteiger partial charge in [-0.05, 0) is 38.8 Å². The van der Waals surface area contributed by atoms with Crippen LogP contribution in [0.3, 0.4) is 0 Å². The van der Waals surface area contributed by atoms with Crippen LogP contribution in [0.1, 0.15) is 53.7 Å². The normalized spacial score (nSPS) is 21.1. The van der Waals surface area contributed by atoms with Crippen molar-refractivity contribution in [2.24, 2.45) is 5.92 Å². The monoisotopic (exact) mass is 494 g/mol. The Morgan fingerprint density at radius 3 is 2.86 bits per heavy atom. The molecule has 2 atom stereocenters. The highest BCUT2D eigenvalue weighted by atomic mass is 32.1. The zero-order chi connectivity index (χ0) is 24.1. The van der Waals surface area contributed by atoms with Gasteiger partial charge in [-0.2, -0.15) is 0 Å². The van der Waals surface area contributed by atoms with E-state index in [2.05, 4.69) is 30.7 Å². The Morgan fingerprint density at radius 2 is 2.06 bits per heavy atom. The molecule has 6 rings (SSSR count). The Hall–Kier alpha value is -3.31. The number of amides is 2. The molecule has 1 aromatic carbocycles. The molecule has 2 amide bonds. The fraction of sp³-hybridized carbons (Fsp3) is 0.458. The van der Waals surface area contributed by atoms with Gasteiger partial charge in [0.1, 0.15) is 0 Å². The first-order valence-electron chi connectivity index (χ1n) is 11.9. The summed E-state index contributed by atoms with van der Waals surface area (Å²) >= 11 is 1.44. The first-order valence-corrected chi connectivity index (χ1v) is 12.7. The molecule has 3 aliphatic rings. The molecule has 1 aliphatic carbocycles. The van der Waals surface area contributed by atoms with Crippen molar-refractivity contribution in [2.75, 3.05) is 23.4 Å². The van der Waals surface area contributed by atoms with E-state index in [1.54, 1.807) is 0 Å². The molecule has 1 saturated heterocycles. The van der Waals surface area contributed by atoms with Crippen molar-refractivity contribution >= 4 is 34.3 Å². The van der Waals surface area contributed by atoms with Crippen LogP contribution < -0.4 is 15.5 Å². The Balaban J connectivity index is 1.25. The number of ketones is 1. The summed E-state index contributed by atoms with van der Waals surface area (Å²) < 4.78 is 12.0. The van der Waals surface area contributed by atoms with E-state index in [1.807, 2.05) is 38.1 Å². The SMILES string of the molecule is CC(C)NC(=O)Nc1nc2c(s1)[C@@H]1COC[C@H](C2)N1c1nnc(-c2cccc(C(=O)C3CC3)c2)o1. The van der Waals surface area contributed by atoms with Gasteiger partial charge in [0.2, 0.25) is 5.89 Å². The number of urea groups is 1. The van der Waals surface area contributed by atoms with E-state index in [0.717, 1.165) is 29.0 Å². The third-order valence-electron chi connectivity index (χ3n) is 6.39. The Morgan fingerprint density at radius 1 is 1.20 bits per heavy atom. The standard InChI is InChI=1S/C24H26N6O4S/c1-12(2)25-22(32)27-23-26-17-9-16-10-33-11-18(20(17)35-23)30(16)24-29-28-21(34-24)15-5-3-4-14(8-15)19(31)13-6-7-13/h3-5,8,12-13,16,18H,6-7,9-11H2,1-2H3,(H2,25,26,27,32)/t16-,18-/m0/s1. The molecule has 11 heteroatoms. The quantitative estimate of drug-likeness (QED) is 0.496. The van der Waals surface area contributed by atoms with Crippen LogP contribution in [-0.4, -0.2) is 52.3 Å². The average molecular weight is 495 g/mol. The van der Waals surface area contributed by atoms with E-state index in [9.17, 15) is 9.59 Å². The van der Waals surface area contributed by atoms with Gasteiger partial charge in [-0.3, -0.25) is 10.1 Å².